The van der Waals surface area contributed by atoms with Gasteiger partial charge in [0.1, 0.15) is 5.76 Å². The van der Waals surface area contributed by atoms with Gasteiger partial charge < -0.3 is 15.1 Å². The van der Waals surface area contributed by atoms with Crippen LogP contribution in [0.1, 0.15) is 32.6 Å². The predicted octanol–water partition coefficient (Wildman–Crippen LogP) is 2.18. The van der Waals surface area contributed by atoms with E-state index in [0.717, 1.165) is 5.69 Å². The fourth-order valence-corrected chi connectivity index (χ4v) is 2.78. The summed E-state index contributed by atoms with van der Waals surface area (Å²) in [6.07, 6.45) is 4.90. The number of rotatable bonds is 6. The molecule has 0 radical (unpaired) electrons. The molecule has 4 heterocycles. The van der Waals surface area contributed by atoms with Crippen molar-refractivity contribution in [3.05, 3.63) is 90.2 Å². The second-order valence-electron chi connectivity index (χ2n) is 6.01. The highest BCUT2D eigenvalue weighted by Crippen LogP contribution is 2.14. The summed E-state index contributed by atoms with van der Waals surface area (Å²) in [5.74, 6) is -0.0133. The Hall–Kier alpha value is -3.94. The molecule has 0 aromatic carbocycles. The molecule has 4 aromatic rings. The number of aromatic nitrogens is 3. The molecular weight excluding hydrogens is 358 g/mol. The Morgan fingerprint density at radius 3 is 2.61 bits per heavy atom. The zero-order valence-electron chi connectivity index (χ0n) is 14.8. The van der Waals surface area contributed by atoms with E-state index in [0.29, 0.717) is 11.3 Å². The van der Waals surface area contributed by atoms with Crippen LogP contribution in [0.2, 0.25) is 0 Å². The lowest BCUT2D eigenvalue weighted by Gasteiger charge is -2.03. The first-order chi connectivity index (χ1) is 13.7. The van der Waals surface area contributed by atoms with E-state index >= 15 is 0 Å². The van der Waals surface area contributed by atoms with Crippen LogP contribution in [0.3, 0.4) is 0 Å². The molecule has 0 atom stereocenters. The first-order valence-electron chi connectivity index (χ1n) is 8.68. The molecular formula is C20H17N5O3. The highest BCUT2D eigenvalue weighted by atomic mass is 16.3. The summed E-state index contributed by atoms with van der Waals surface area (Å²) in [7, 11) is 0. The van der Waals surface area contributed by atoms with Crippen LogP contribution in [0.25, 0.3) is 5.52 Å². The molecule has 2 amide bonds. The number of nitrogens with zero attached hydrogens (tertiary/aromatic N) is 3. The van der Waals surface area contributed by atoms with Crippen LogP contribution >= 0.6 is 0 Å². The summed E-state index contributed by atoms with van der Waals surface area (Å²) in [4.78, 5) is 33.7. The van der Waals surface area contributed by atoms with Crippen LogP contribution in [0.4, 0.5) is 0 Å². The van der Waals surface area contributed by atoms with E-state index in [2.05, 4.69) is 20.6 Å². The van der Waals surface area contributed by atoms with Crippen molar-refractivity contribution < 1.29 is 14.0 Å². The Kier molecular flexibility index (Phi) is 4.83. The molecule has 4 rings (SSSR count). The van der Waals surface area contributed by atoms with Crippen molar-refractivity contribution in [2.24, 2.45) is 0 Å². The Balaban J connectivity index is 1.55. The molecule has 4 aromatic heterocycles. The van der Waals surface area contributed by atoms with Crippen molar-refractivity contribution in [3.63, 3.8) is 0 Å². The van der Waals surface area contributed by atoms with Gasteiger partial charge in [-0.15, -0.1) is 0 Å². The molecule has 0 bridgehead atoms. The highest BCUT2D eigenvalue weighted by molar-refractivity contribution is 6.02. The number of amides is 2. The first kappa shape index (κ1) is 17.5. The van der Waals surface area contributed by atoms with Crippen molar-refractivity contribution in [1.82, 2.24) is 25.0 Å². The average molecular weight is 375 g/mol. The van der Waals surface area contributed by atoms with Crippen molar-refractivity contribution in [2.45, 2.75) is 13.1 Å². The molecule has 28 heavy (non-hydrogen) atoms. The van der Waals surface area contributed by atoms with Gasteiger partial charge >= 0.3 is 0 Å². The molecule has 8 nitrogen and oxygen atoms in total. The van der Waals surface area contributed by atoms with Gasteiger partial charge in [0.2, 0.25) is 5.82 Å². The molecule has 0 spiro atoms. The number of imidazole rings is 1. The smallest absolute Gasteiger partial charge is 0.288 e. The summed E-state index contributed by atoms with van der Waals surface area (Å²) in [6.45, 7) is 0.500. The van der Waals surface area contributed by atoms with Crippen molar-refractivity contribution in [1.29, 1.82) is 0 Å². The maximum atomic E-state index is 12.6. The predicted molar refractivity (Wildman–Crippen MR) is 100 cm³/mol. The highest BCUT2D eigenvalue weighted by Gasteiger charge is 2.21. The average Bonchev–Trinajstić information content (AvgIpc) is 3.39. The van der Waals surface area contributed by atoms with E-state index in [1.807, 2.05) is 12.1 Å². The molecule has 0 unspecified atom stereocenters. The SMILES string of the molecule is O=C(NCc1ccco1)c1nc(C(=O)NCc2ccccn2)n2ccccc12. The quantitative estimate of drug-likeness (QED) is 0.538. The molecule has 8 heteroatoms. The van der Waals surface area contributed by atoms with E-state index in [4.69, 9.17) is 4.42 Å². The molecule has 140 valence electrons. The maximum absolute atomic E-state index is 12.6. The van der Waals surface area contributed by atoms with Crippen LogP contribution < -0.4 is 10.6 Å². The number of carbonyl (C=O) groups is 2. The maximum Gasteiger partial charge on any atom is 0.288 e. The standard InChI is InChI=1S/C20H17N5O3/c26-19(23-13-15-7-5-11-28-15)17-16-8-2-4-10-25(16)18(24-17)20(27)22-12-14-6-1-3-9-21-14/h1-11H,12-13H2,(H,22,27)(H,23,26). The van der Waals surface area contributed by atoms with Crippen LogP contribution in [0.15, 0.2) is 71.6 Å². The minimum atomic E-state index is -0.392. The van der Waals surface area contributed by atoms with Gasteiger partial charge in [-0.25, -0.2) is 4.98 Å². The van der Waals surface area contributed by atoms with Crippen LogP contribution in [0, 0.1) is 0 Å². The summed E-state index contributed by atoms with van der Waals surface area (Å²) in [5, 5.41) is 5.54. The molecule has 2 N–H and O–H groups in total. The summed E-state index contributed by atoms with van der Waals surface area (Å²) in [5.41, 5.74) is 1.45. The third kappa shape index (κ3) is 3.61. The molecule has 0 aliphatic carbocycles. The Bertz CT molecular complexity index is 1100. The molecule has 0 fully saturated rings. The van der Waals surface area contributed by atoms with Gasteiger partial charge in [-0.05, 0) is 36.4 Å². The zero-order valence-corrected chi connectivity index (χ0v) is 14.8. The lowest BCUT2D eigenvalue weighted by molar-refractivity contribution is 0.0939. The fourth-order valence-electron chi connectivity index (χ4n) is 2.78. The number of furan rings is 1. The first-order valence-corrected chi connectivity index (χ1v) is 8.68. The summed E-state index contributed by atoms with van der Waals surface area (Å²) in [6, 6.07) is 14.3. The minimum Gasteiger partial charge on any atom is -0.467 e. The number of nitrogens with one attached hydrogen (secondary N) is 2. The second kappa shape index (κ2) is 7.75. The lowest BCUT2D eigenvalue weighted by atomic mass is 10.3. The van der Waals surface area contributed by atoms with Gasteiger partial charge in [-0.2, -0.15) is 0 Å². The minimum absolute atomic E-state index is 0.134. The van der Waals surface area contributed by atoms with E-state index in [1.165, 1.54) is 6.26 Å². The number of pyridine rings is 2. The van der Waals surface area contributed by atoms with Crippen molar-refractivity contribution >= 4 is 17.3 Å². The van der Waals surface area contributed by atoms with Crippen LogP contribution in [-0.2, 0) is 13.1 Å². The Morgan fingerprint density at radius 1 is 0.964 bits per heavy atom. The van der Waals surface area contributed by atoms with Gasteiger partial charge in [-0.3, -0.25) is 19.0 Å². The third-order valence-electron chi connectivity index (χ3n) is 4.13. The van der Waals surface area contributed by atoms with Crippen LogP contribution in [-0.4, -0.2) is 26.2 Å². The molecule has 0 saturated heterocycles. The van der Waals surface area contributed by atoms with E-state index in [1.54, 1.807) is 53.2 Å². The molecule has 0 aliphatic heterocycles. The number of carbonyl (C=O) groups excluding carboxylic acids is 2. The second-order valence-corrected chi connectivity index (χ2v) is 6.01. The molecule has 0 saturated carbocycles. The van der Waals surface area contributed by atoms with Crippen molar-refractivity contribution in [3.8, 4) is 0 Å². The van der Waals surface area contributed by atoms with E-state index in [-0.39, 0.29) is 30.5 Å². The summed E-state index contributed by atoms with van der Waals surface area (Å²) < 4.78 is 6.81. The van der Waals surface area contributed by atoms with Gasteiger partial charge in [-0.1, -0.05) is 12.1 Å². The fraction of sp³-hybridized carbons (Fsp3) is 0.100. The van der Waals surface area contributed by atoms with E-state index in [9.17, 15) is 9.59 Å². The van der Waals surface area contributed by atoms with Crippen molar-refractivity contribution in [2.75, 3.05) is 0 Å². The van der Waals surface area contributed by atoms with Crippen LogP contribution in [0.5, 0.6) is 0 Å². The number of fused-ring (bicyclic) bond motifs is 1. The number of hydrogen-bond acceptors (Lipinski definition) is 5. The van der Waals surface area contributed by atoms with E-state index < -0.39 is 5.91 Å². The zero-order chi connectivity index (χ0) is 19.3. The normalized spacial score (nSPS) is 10.7. The summed E-state index contributed by atoms with van der Waals surface area (Å²) >= 11 is 0. The number of hydrogen-bond donors (Lipinski definition) is 2. The van der Waals surface area contributed by atoms with Gasteiger partial charge in [0.15, 0.2) is 5.69 Å². The van der Waals surface area contributed by atoms with Gasteiger partial charge in [0.25, 0.3) is 11.8 Å². The largest absolute Gasteiger partial charge is 0.467 e. The topological polar surface area (TPSA) is 102 Å². The monoisotopic (exact) mass is 375 g/mol. The van der Waals surface area contributed by atoms with Gasteiger partial charge in [0.05, 0.1) is 30.6 Å². The lowest BCUT2D eigenvalue weighted by Crippen LogP contribution is -2.26. The molecule has 0 aliphatic rings. The van der Waals surface area contributed by atoms with Gasteiger partial charge in [0, 0.05) is 12.4 Å². The Morgan fingerprint density at radius 2 is 1.82 bits per heavy atom. The Labute approximate surface area is 160 Å². The third-order valence-corrected chi connectivity index (χ3v) is 4.13.